The molecule has 0 bridgehead atoms. The Labute approximate surface area is 109 Å². The number of nitrogens with zero attached hydrogens (tertiary/aromatic N) is 2. The van der Waals surface area contributed by atoms with Crippen LogP contribution in [-0.2, 0) is 10.9 Å². The lowest BCUT2D eigenvalue weighted by Gasteiger charge is -2.33. The van der Waals surface area contributed by atoms with Gasteiger partial charge in [-0.1, -0.05) is 0 Å². The molecular weight excluding hydrogens is 259 g/mol. The summed E-state index contributed by atoms with van der Waals surface area (Å²) in [4.78, 5) is 5.95. The molecule has 1 aliphatic heterocycles. The summed E-state index contributed by atoms with van der Waals surface area (Å²) >= 11 is 0. The number of aromatic nitrogens is 1. The van der Waals surface area contributed by atoms with Crippen molar-refractivity contribution in [2.75, 3.05) is 31.1 Å². The van der Waals surface area contributed by atoms with E-state index in [2.05, 4.69) is 4.98 Å². The summed E-state index contributed by atoms with van der Waals surface area (Å²) in [5, 5.41) is 0. The Kier molecular flexibility index (Phi) is 3.96. The van der Waals surface area contributed by atoms with Gasteiger partial charge in [-0.05, 0) is 19.1 Å². The van der Waals surface area contributed by atoms with Crippen LogP contribution in [0.4, 0.5) is 19.0 Å². The minimum atomic E-state index is -4.36. The third-order valence-electron chi connectivity index (χ3n) is 2.99. The molecule has 1 aromatic heterocycles. The number of aryl methyl sites for hydroxylation is 1. The van der Waals surface area contributed by atoms with E-state index in [9.17, 15) is 13.2 Å². The van der Waals surface area contributed by atoms with Crippen LogP contribution in [0.1, 0.15) is 11.3 Å². The van der Waals surface area contributed by atoms with Gasteiger partial charge in [-0.25, -0.2) is 4.98 Å². The van der Waals surface area contributed by atoms with Crippen molar-refractivity contribution in [3.8, 4) is 0 Å². The van der Waals surface area contributed by atoms with Crippen molar-refractivity contribution in [3.05, 3.63) is 23.4 Å². The Hall–Kier alpha value is -1.34. The van der Waals surface area contributed by atoms with Gasteiger partial charge in [-0.15, -0.1) is 0 Å². The molecule has 19 heavy (non-hydrogen) atoms. The molecule has 0 saturated carbocycles. The quantitative estimate of drug-likeness (QED) is 0.890. The number of anilines is 1. The van der Waals surface area contributed by atoms with Crippen molar-refractivity contribution >= 4 is 5.82 Å². The summed E-state index contributed by atoms with van der Waals surface area (Å²) < 4.78 is 43.7. The molecule has 106 valence electrons. The number of nitrogens with two attached hydrogens (primary N) is 1. The average Bonchev–Trinajstić information content (AvgIpc) is 2.37. The molecule has 2 rings (SSSR count). The van der Waals surface area contributed by atoms with E-state index < -0.39 is 11.7 Å². The highest BCUT2D eigenvalue weighted by molar-refractivity contribution is 5.44. The smallest absolute Gasteiger partial charge is 0.373 e. The summed E-state index contributed by atoms with van der Waals surface area (Å²) in [5.74, 6) is 0.328. The highest BCUT2D eigenvalue weighted by Crippen LogP contribution is 2.31. The van der Waals surface area contributed by atoms with Crippen LogP contribution in [0.5, 0.6) is 0 Å². The van der Waals surface area contributed by atoms with Gasteiger partial charge in [0.05, 0.1) is 18.3 Å². The number of rotatable bonds is 2. The molecular formula is C12H16F3N3O. The van der Waals surface area contributed by atoms with Crippen molar-refractivity contribution in [1.29, 1.82) is 0 Å². The van der Waals surface area contributed by atoms with Crippen molar-refractivity contribution in [1.82, 2.24) is 4.98 Å². The van der Waals surface area contributed by atoms with E-state index in [-0.39, 0.29) is 6.10 Å². The van der Waals surface area contributed by atoms with E-state index in [0.717, 1.165) is 12.1 Å². The molecule has 2 heterocycles. The van der Waals surface area contributed by atoms with Gasteiger partial charge in [0.1, 0.15) is 5.82 Å². The second-order valence-corrected chi connectivity index (χ2v) is 4.53. The van der Waals surface area contributed by atoms with Gasteiger partial charge in [0.25, 0.3) is 0 Å². The maximum atomic E-state index is 12.8. The molecule has 1 aliphatic rings. The van der Waals surface area contributed by atoms with Gasteiger partial charge >= 0.3 is 6.18 Å². The highest BCUT2D eigenvalue weighted by atomic mass is 19.4. The average molecular weight is 275 g/mol. The van der Waals surface area contributed by atoms with Gasteiger partial charge < -0.3 is 15.4 Å². The zero-order valence-corrected chi connectivity index (χ0v) is 10.6. The van der Waals surface area contributed by atoms with Crippen molar-refractivity contribution in [3.63, 3.8) is 0 Å². The Bertz CT molecular complexity index is 450. The first-order chi connectivity index (χ1) is 8.90. The fraction of sp³-hybridized carbons (Fsp3) is 0.583. The molecule has 1 atom stereocenters. The summed E-state index contributed by atoms with van der Waals surface area (Å²) in [6.45, 7) is 3.32. The number of hydrogen-bond donors (Lipinski definition) is 1. The number of morpholine rings is 1. The molecule has 1 saturated heterocycles. The predicted octanol–water partition coefficient (Wildman–Crippen LogP) is 1.57. The Morgan fingerprint density at radius 2 is 2.21 bits per heavy atom. The minimum absolute atomic E-state index is 0.162. The molecule has 0 spiro atoms. The second kappa shape index (κ2) is 5.34. The van der Waals surface area contributed by atoms with E-state index >= 15 is 0 Å². The van der Waals surface area contributed by atoms with Crippen LogP contribution in [0, 0.1) is 6.92 Å². The lowest BCUT2D eigenvalue weighted by molar-refractivity contribution is -0.137. The van der Waals surface area contributed by atoms with Gasteiger partial charge in [0.15, 0.2) is 0 Å². The summed E-state index contributed by atoms with van der Waals surface area (Å²) in [6, 6.07) is 2.12. The summed E-state index contributed by atoms with van der Waals surface area (Å²) in [5.41, 5.74) is 5.19. The van der Waals surface area contributed by atoms with Gasteiger partial charge in [0.2, 0.25) is 0 Å². The molecule has 4 nitrogen and oxygen atoms in total. The molecule has 0 amide bonds. The maximum absolute atomic E-state index is 12.8. The molecule has 0 radical (unpaired) electrons. The van der Waals surface area contributed by atoms with Crippen molar-refractivity contribution in [2.24, 2.45) is 5.73 Å². The summed E-state index contributed by atoms with van der Waals surface area (Å²) in [7, 11) is 0. The molecule has 1 aromatic rings. The van der Waals surface area contributed by atoms with Crippen molar-refractivity contribution in [2.45, 2.75) is 19.2 Å². The van der Waals surface area contributed by atoms with E-state index in [0.29, 0.717) is 37.8 Å². The normalized spacial score (nSPS) is 20.7. The summed E-state index contributed by atoms with van der Waals surface area (Å²) in [6.07, 6.45) is -4.52. The maximum Gasteiger partial charge on any atom is 0.416 e. The third kappa shape index (κ3) is 3.36. The topological polar surface area (TPSA) is 51.4 Å². The predicted molar refractivity (Wildman–Crippen MR) is 65.0 cm³/mol. The van der Waals surface area contributed by atoms with Crippen LogP contribution in [-0.4, -0.2) is 37.3 Å². The van der Waals surface area contributed by atoms with E-state index in [1.54, 1.807) is 11.8 Å². The minimum Gasteiger partial charge on any atom is -0.373 e. The Morgan fingerprint density at radius 1 is 1.47 bits per heavy atom. The fourth-order valence-electron chi connectivity index (χ4n) is 2.05. The number of halogens is 3. The highest BCUT2D eigenvalue weighted by Gasteiger charge is 2.32. The molecule has 7 heteroatoms. The first-order valence-electron chi connectivity index (χ1n) is 6.02. The zero-order chi connectivity index (χ0) is 14.0. The third-order valence-corrected chi connectivity index (χ3v) is 2.99. The molecule has 0 unspecified atom stereocenters. The van der Waals surface area contributed by atoms with E-state index in [1.165, 1.54) is 0 Å². The van der Waals surface area contributed by atoms with Gasteiger partial charge in [-0.3, -0.25) is 0 Å². The van der Waals surface area contributed by atoms with Crippen molar-refractivity contribution < 1.29 is 17.9 Å². The Balaban J connectivity index is 2.26. The number of alkyl halides is 3. The first-order valence-corrected chi connectivity index (χ1v) is 6.02. The van der Waals surface area contributed by atoms with E-state index in [4.69, 9.17) is 10.5 Å². The number of hydrogen-bond acceptors (Lipinski definition) is 4. The number of ether oxygens (including phenoxy) is 1. The van der Waals surface area contributed by atoms with Crippen LogP contribution in [0.15, 0.2) is 12.1 Å². The molecule has 1 fully saturated rings. The lowest BCUT2D eigenvalue weighted by atomic mass is 10.2. The monoisotopic (exact) mass is 275 g/mol. The van der Waals surface area contributed by atoms with Crippen LogP contribution in [0.3, 0.4) is 0 Å². The lowest BCUT2D eigenvalue weighted by Crippen LogP contribution is -2.46. The fourth-order valence-corrected chi connectivity index (χ4v) is 2.05. The SMILES string of the molecule is Cc1cc(C(F)(F)F)cc(N2CCO[C@@H](CN)C2)n1. The largest absolute Gasteiger partial charge is 0.416 e. The zero-order valence-electron chi connectivity index (χ0n) is 10.6. The standard InChI is InChI=1S/C12H16F3N3O/c1-8-4-9(12(13,14)15)5-11(17-8)18-2-3-19-10(6-16)7-18/h4-5,10H,2-3,6-7,16H2,1H3/t10-/m0/s1. The second-order valence-electron chi connectivity index (χ2n) is 4.53. The first kappa shape index (κ1) is 14.1. The van der Waals surface area contributed by atoms with Crippen LogP contribution < -0.4 is 10.6 Å². The molecule has 0 aromatic carbocycles. The van der Waals surface area contributed by atoms with E-state index in [1.807, 2.05) is 0 Å². The molecule has 0 aliphatic carbocycles. The van der Waals surface area contributed by atoms with Gasteiger partial charge in [0, 0.05) is 25.3 Å². The Morgan fingerprint density at radius 3 is 2.84 bits per heavy atom. The number of pyridine rings is 1. The van der Waals surface area contributed by atoms with Crippen LogP contribution >= 0.6 is 0 Å². The molecule has 2 N–H and O–H groups in total. The van der Waals surface area contributed by atoms with Crippen LogP contribution in [0.2, 0.25) is 0 Å². The van der Waals surface area contributed by atoms with Crippen LogP contribution in [0.25, 0.3) is 0 Å². The van der Waals surface area contributed by atoms with Gasteiger partial charge in [-0.2, -0.15) is 13.2 Å².